The van der Waals surface area contributed by atoms with E-state index in [0.717, 1.165) is 10.9 Å². The van der Waals surface area contributed by atoms with Crippen molar-refractivity contribution in [3.63, 3.8) is 0 Å². The second-order valence-electron chi connectivity index (χ2n) is 4.46. The highest BCUT2D eigenvalue weighted by Crippen LogP contribution is 2.32. The van der Waals surface area contributed by atoms with Gasteiger partial charge in [0.15, 0.2) is 0 Å². The minimum atomic E-state index is 0.237. The Labute approximate surface area is 94.1 Å². The first-order valence-corrected chi connectivity index (χ1v) is 5.75. The van der Waals surface area contributed by atoms with Crippen molar-refractivity contribution in [2.75, 3.05) is 0 Å². The normalized spacial score (nSPS) is 11.9. The van der Waals surface area contributed by atoms with Gasteiger partial charge in [0.2, 0.25) is 0 Å². The predicted octanol–water partition coefficient (Wildman–Crippen LogP) is 3.52. The molecule has 0 amide bonds. The maximum Gasteiger partial charge on any atom is 0.116 e. The quantitative estimate of drug-likeness (QED) is 0.685. The summed E-state index contributed by atoms with van der Waals surface area (Å²) >= 11 is 1.86. The van der Waals surface area contributed by atoms with Crippen molar-refractivity contribution in [1.29, 1.82) is 0 Å². The van der Waals surface area contributed by atoms with Crippen molar-refractivity contribution in [2.45, 2.75) is 30.4 Å². The highest BCUT2D eigenvalue weighted by atomic mass is 32.2. The van der Waals surface area contributed by atoms with Gasteiger partial charge in [-0.3, -0.25) is 0 Å². The molecule has 0 fully saturated rings. The first-order chi connectivity index (χ1) is 7.04. The number of hydrogen-bond acceptors (Lipinski definition) is 3. The molecule has 15 heavy (non-hydrogen) atoms. The van der Waals surface area contributed by atoms with Gasteiger partial charge in [-0.15, -0.1) is 11.8 Å². The highest BCUT2D eigenvalue weighted by molar-refractivity contribution is 8.00. The summed E-state index contributed by atoms with van der Waals surface area (Å²) < 4.78 is 0.237. The summed E-state index contributed by atoms with van der Waals surface area (Å²) in [6.07, 6.45) is 3.43. The van der Waals surface area contributed by atoms with Crippen molar-refractivity contribution in [3.05, 3.63) is 30.7 Å². The zero-order chi connectivity index (χ0) is 10.9. The minimum absolute atomic E-state index is 0.237. The van der Waals surface area contributed by atoms with Gasteiger partial charge in [-0.25, -0.2) is 9.97 Å². The van der Waals surface area contributed by atoms with Gasteiger partial charge in [0.1, 0.15) is 6.33 Å². The van der Waals surface area contributed by atoms with Crippen LogP contribution in [-0.2, 0) is 0 Å². The Morgan fingerprint density at radius 1 is 1.20 bits per heavy atom. The van der Waals surface area contributed by atoms with Crippen molar-refractivity contribution in [2.24, 2.45) is 0 Å². The van der Waals surface area contributed by atoms with Crippen LogP contribution in [0, 0.1) is 0 Å². The molecule has 0 saturated heterocycles. The largest absolute Gasteiger partial charge is 0.244 e. The third kappa shape index (κ3) is 2.69. The lowest BCUT2D eigenvalue weighted by atomic mass is 10.2. The molecule has 0 aliphatic carbocycles. The van der Waals surface area contributed by atoms with E-state index >= 15 is 0 Å². The summed E-state index contributed by atoms with van der Waals surface area (Å²) in [6, 6.07) is 6.32. The molecule has 2 aromatic rings. The van der Waals surface area contributed by atoms with E-state index in [0.29, 0.717) is 0 Å². The zero-order valence-corrected chi connectivity index (χ0v) is 10.0. The molecule has 2 rings (SSSR count). The van der Waals surface area contributed by atoms with Gasteiger partial charge in [0.05, 0.1) is 5.52 Å². The highest BCUT2D eigenvalue weighted by Gasteiger charge is 2.12. The van der Waals surface area contributed by atoms with Crippen LogP contribution >= 0.6 is 11.8 Å². The molecule has 1 heterocycles. The summed E-state index contributed by atoms with van der Waals surface area (Å²) in [5.41, 5.74) is 1.01. The fourth-order valence-electron chi connectivity index (χ4n) is 1.37. The number of hydrogen-bond donors (Lipinski definition) is 0. The number of thioether (sulfide) groups is 1. The standard InChI is InChI=1S/C12H14N2S/c1-12(2,3)15-10-5-4-9-7-13-8-14-11(9)6-10/h4-8H,1-3H3. The van der Waals surface area contributed by atoms with E-state index in [9.17, 15) is 0 Å². The molecule has 0 aliphatic rings. The molecule has 0 atom stereocenters. The Hall–Kier alpha value is -1.09. The zero-order valence-electron chi connectivity index (χ0n) is 9.19. The van der Waals surface area contributed by atoms with Crippen LogP contribution in [0.15, 0.2) is 35.6 Å². The van der Waals surface area contributed by atoms with E-state index in [2.05, 4.69) is 48.9 Å². The third-order valence-electron chi connectivity index (χ3n) is 1.90. The maximum atomic E-state index is 4.25. The Kier molecular flexibility index (Phi) is 2.65. The van der Waals surface area contributed by atoms with Crippen LogP contribution in [0.5, 0.6) is 0 Å². The summed E-state index contributed by atoms with van der Waals surface area (Å²) in [5.74, 6) is 0. The van der Waals surface area contributed by atoms with Crippen LogP contribution < -0.4 is 0 Å². The van der Waals surface area contributed by atoms with Gasteiger partial charge in [-0.2, -0.15) is 0 Å². The lowest BCUT2D eigenvalue weighted by Gasteiger charge is -2.17. The molecule has 0 spiro atoms. The van der Waals surface area contributed by atoms with Crippen molar-refractivity contribution >= 4 is 22.7 Å². The van der Waals surface area contributed by atoms with Gasteiger partial charge in [-0.05, 0) is 12.1 Å². The Morgan fingerprint density at radius 3 is 2.73 bits per heavy atom. The fraction of sp³-hybridized carbons (Fsp3) is 0.333. The van der Waals surface area contributed by atoms with Gasteiger partial charge in [0.25, 0.3) is 0 Å². The summed E-state index contributed by atoms with van der Waals surface area (Å²) in [7, 11) is 0. The molecule has 1 aromatic carbocycles. The molecule has 78 valence electrons. The molecule has 1 aromatic heterocycles. The molecule has 0 unspecified atom stereocenters. The van der Waals surface area contributed by atoms with E-state index in [4.69, 9.17) is 0 Å². The Morgan fingerprint density at radius 2 is 2.00 bits per heavy atom. The molecule has 0 radical (unpaired) electrons. The second-order valence-corrected chi connectivity index (χ2v) is 6.36. The van der Waals surface area contributed by atoms with Gasteiger partial charge >= 0.3 is 0 Å². The number of aromatic nitrogens is 2. The summed E-state index contributed by atoms with van der Waals surface area (Å²) in [6.45, 7) is 6.63. The minimum Gasteiger partial charge on any atom is -0.244 e. The topological polar surface area (TPSA) is 25.8 Å². The third-order valence-corrected chi connectivity index (χ3v) is 3.01. The van der Waals surface area contributed by atoms with Crippen molar-refractivity contribution < 1.29 is 0 Å². The first kappa shape index (κ1) is 10.4. The van der Waals surface area contributed by atoms with Gasteiger partial charge in [0, 0.05) is 21.2 Å². The van der Waals surface area contributed by atoms with E-state index in [-0.39, 0.29) is 4.75 Å². The Bertz CT molecular complexity index is 474. The SMILES string of the molecule is CC(C)(C)Sc1ccc2cncnc2c1. The van der Waals surface area contributed by atoms with E-state index < -0.39 is 0 Å². The van der Waals surface area contributed by atoms with Crippen LogP contribution in [0.3, 0.4) is 0 Å². The summed E-state index contributed by atoms with van der Waals surface area (Å²) in [4.78, 5) is 9.50. The van der Waals surface area contributed by atoms with Gasteiger partial charge in [-0.1, -0.05) is 26.8 Å². The van der Waals surface area contributed by atoms with Crippen LogP contribution in [0.4, 0.5) is 0 Å². The Balaban J connectivity index is 2.39. The monoisotopic (exact) mass is 218 g/mol. The molecule has 0 aliphatic heterocycles. The number of nitrogens with zero attached hydrogens (tertiary/aromatic N) is 2. The fourth-order valence-corrected chi connectivity index (χ4v) is 2.38. The molecular weight excluding hydrogens is 204 g/mol. The van der Waals surface area contributed by atoms with E-state index in [1.807, 2.05) is 18.0 Å². The van der Waals surface area contributed by atoms with Crippen molar-refractivity contribution in [3.8, 4) is 0 Å². The first-order valence-electron chi connectivity index (χ1n) is 4.93. The maximum absolute atomic E-state index is 4.25. The lowest BCUT2D eigenvalue weighted by molar-refractivity contribution is 0.803. The molecular formula is C12H14N2S. The van der Waals surface area contributed by atoms with E-state index in [1.54, 1.807) is 6.33 Å². The van der Waals surface area contributed by atoms with E-state index in [1.165, 1.54) is 4.90 Å². The smallest absolute Gasteiger partial charge is 0.116 e. The van der Waals surface area contributed by atoms with Crippen LogP contribution in [-0.4, -0.2) is 14.7 Å². The molecule has 2 nitrogen and oxygen atoms in total. The van der Waals surface area contributed by atoms with Gasteiger partial charge < -0.3 is 0 Å². The molecule has 0 N–H and O–H groups in total. The second kappa shape index (κ2) is 3.81. The average molecular weight is 218 g/mol. The number of benzene rings is 1. The molecule has 3 heteroatoms. The number of rotatable bonds is 1. The summed E-state index contributed by atoms with van der Waals surface area (Å²) in [5, 5.41) is 1.09. The lowest BCUT2D eigenvalue weighted by Crippen LogP contribution is -2.06. The van der Waals surface area contributed by atoms with Crippen LogP contribution in [0.25, 0.3) is 10.9 Å². The van der Waals surface area contributed by atoms with Crippen molar-refractivity contribution in [1.82, 2.24) is 9.97 Å². The predicted molar refractivity (Wildman–Crippen MR) is 65.1 cm³/mol. The van der Waals surface area contributed by atoms with Crippen LogP contribution in [0.2, 0.25) is 0 Å². The molecule has 0 bridgehead atoms. The van der Waals surface area contributed by atoms with Crippen LogP contribution in [0.1, 0.15) is 20.8 Å². The molecule has 0 saturated carbocycles. The average Bonchev–Trinajstić information content (AvgIpc) is 2.15. The number of fused-ring (bicyclic) bond motifs is 1.